The minimum atomic E-state index is -0.867. The molecule has 25 heavy (non-hydrogen) atoms. The average Bonchev–Trinajstić information content (AvgIpc) is 3.17. The first-order valence-electron chi connectivity index (χ1n) is 8.88. The molecule has 2 saturated carbocycles. The summed E-state index contributed by atoms with van der Waals surface area (Å²) in [6, 6.07) is 6.32. The number of nitrogens with zero attached hydrogens (tertiary/aromatic N) is 1. The van der Waals surface area contributed by atoms with Gasteiger partial charge in [0.15, 0.2) is 0 Å². The Morgan fingerprint density at radius 1 is 1.24 bits per heavy atom. The minimum absolute atomic E-state index is 0.0681. The SMILES string of the molecule is CC(=O)N(C(=O)C(=O)NC(C)C1CC2CCC1C2)c1cccc(N)c1. The van der Waals surface area contributed by atoms with Crippen molar-refractivity contribution < 1.29 is 14.4 Å². The predicted octanol–water partition coefficient (Wildman–Crippen LogP) is 2.09. The van der Waals surface area contributed by atoms with E-state index in [0.717, 1.165) is 17.2 Å². The summed E-state index contributed by atoms with van der Waals surface area (Å²) in [4.78, 5) is 37.8. The van der Waals surface area contributed by atoms with Crippen molar-refractivity contribution in [2.75, 3.05) is 10.6 Å². The molecule has 0 aromatic heterocycles. The fourth-order valence-corrected chi connectivity index (χ4v) is 4.49. The number of nitrogen functional groups attached to an aromatic ring is 1. The number of nitrogens with one attached hydrogen (secondary N) is 1. The maximum Gasteiger partial charge on any atom is 0.323 e. The first-order valence-corrected chi connectivity index (χ1v) is 8.88. The van der Waals surface area contributed by atoms with Crippen molar-refractivity contribution >= 4 is 29.1 Å². The molecule has 4 atom stereocenters. The largest absolute Gasteiger partial charge is 0.399 e. The molecule has 2 bridgehead atoms. The van der Waals surface area contributed by atoms with E-state index in [4.69, 9.17) is 5.73 Å². The second kappa shape index (κ2) is 6.86. The van der Waals surface area contributed by atoms with Gasteiger partial charge in [-0.3, -0.25) is 14.4 Å². The zero-order valence-corrected chi connectivity index (χ0v) is 14.7. The highest BCUT2D eigenvalue weighted by molar-refractivity contribution is 6.45. The van der Waals surface area contributed by atoms with E-state index < -0.39 is 17.7 Å². The number of rotatable bonds is 3. The third-order valence-electron chi connectivity index (χ3n) is 5.63. The first kappa shape index (κ1) is 17.5. The van der Waals surface area contributed by atoms with E-state index in [-0.39, 0.29) is 6.04 Å². The zero-order valence-electron chi connectivity index (χ0n) is 14.7. The van der Waals surface area contributed by atoms with Gasteiger partial charge in [-0.25, -0.2) is 4.90 Å². The molecular weight excluding hydrogens is 318 g/mol. The molecule has 1 aromatic rings. The number of carbonyl (C=O) groups excluding carboxylic acids is 3. The minimum Gasteiger partial charge on any atom is -0.399 e. The van der Waals surface area contributed by atoms with Crippen molar-refractivity contribution in [2.24, 2.45) is 17.8 Å². The third kappa shape index (κ3) is 3.52. The van der Waals surface area contributed by atoms with Gasteiger partial charge in [-0.1, -0.05) is 12.5 Å². The number of imide groups is 1. The van der Waals surface area contributed by atoms with Gasteiger partial charge in [0.1, 0.15) is 0 Å². The molecule has 3 amide bonds. The van der Waals surface area contributed by atoms with Gasteiger partial charge in [-0.2, -0.15) is 0 Å². The van der Waals surface area contributed by atoms with Crippen molar-refractivity contribution in [1.29, 1.82) is 0 Å². The van der Waals surface area contributed by atoms with Crippen molar-refractivity contribution in [2.45, 2.75) is 45.6 Å². The second-order valence-electron chi connectivity index (χ2n) is 7.36. The van der Waals surface area contributed by atoms with Crippen molar-refractivity contribution in [1.82, 2.24) is 5.32 Å². The second-order valence-corrected chi connectivity index (χ2v) is 7.36. The lowest BCUT2D eigenvalue weighted by molar-refractivity contribution is -0.140. The van der Waals surface area contributed by atoms with E-state index in [9.17, 15) is 14.4 Å². The molecule has 1 aromatic carbocycles. The van der Waals surface area contributed by atoms with Crippen LogP contribution >= 0.6 is 0 Å². The lowest BCUT2D eigenvalue weighted by atomic mass is 9.84. The molecular formula is C19H25N3O3. The number of fused-ring (bicyclic) bond motifs is 2. The van der Waals surface area contributed by atoms with Crippen LogP contribution in [0.25, 0.3) is 0 Å². The first-order chi connectivity index (χ1) is 11.9. The molecule has 2 aliphatic carbocycles. The van der Waals surface area contributed by atoms with Crippen LogP contribution in [-0.4, -0.2) is 23.8 Å². The highest BCUT2D eigenvalue weighted by Crippen LogP contribution is 2.49. The molecule has 2 fully saturated rings. The van der Waals surface area contributed by atoms with Crippen molar-refractivity contribution in [3.63, 3.8) is 0 Å². The number of carbonyl (C=O) groups is 3. The summed E-state index contributed by atoms with van der Waals surface area (Å²) >= 11 is 0. The smallest absolute Gasteiger partial charge is 0.323 e. The number of hydrogen-bond acceptors (Lipinski definition) is 4. The highest BCUT2D eigenvalue weighted by Gasteiger charge is 2.42. The molecule has 0 spiro atoms. The zero-order chi connectivity index (χ0) is 18.1. The van der Waals surface area contributed by atoms with Crippen LogP contribution in [0.3, 0.4) is 0 Å². The molecule has 2 aliphatic rings. The summed E-state index contributed by atoms with van der Waals surface area (Å²) in [5, 5.41) is 2.81. The van der Waals surface area contributed by atoms with E-state index in [1.807, 2.05) is 6.92 Å². The molecule has 0 aliphatic heterocycles. The van der Waals surface area contributed by atoms with Gasteiger partial charge in [0, 0.05) is 18.7 Å². The lowest BCUT2D eigenvalue weighted by Gasteiger charge is -2.29. The molecule has 0 heterocycles. The Hall–Kier alpha value is -2.37. The number of nitrogens with two attached hydrogens (primary N) is 1. The topological polar surface area (TPSA) is 92.5 Å². The number of benzene rings is 1. The Bertz CT molecular complexity index is 703. The summed E-state index contributed by atoms with van der Waals surface area (Å²) in [5.74, 6) is -0.285. The quantitative estimate of drug-likeness (QED) is 0.649. The maximum absolute atomic E-state index is 12.6. The standard InChI is InChI=1S/C19H25N3O3/c1-11(17-9-13-6-7-14(17)8-13)21-18(24)19(25)22(12(2)23)16-5-3-4-15(20)10-16/h3-5,10-11,13-14,17H,6-9,20H2,1-2H3,(H,21,24). The van der Waals surface area contributed by atoms with Gasteiger partial charge in [-0.15, -0.1) is 0 Å². The average molecular weight is 343 g/mol. The van der Waals surface area contributed by atoms with Gasteiger partial charge >= 0.3 is 11.8 Å². The fourth-order valence-electron chi connectivity index (χ4n) is 4.49. The Morgan fingerprint density at radius 3 is 2.56 bits per heavy atom. The predicted molar refractivity (Wildman–Crippen MR) is 95.6 cm³/mol. The van der Waals surface area contributed by atoms with Gasteiger partial charge in [0.25, 0.3) is 0 Å². The monoisotopic (exact) mass is 343 g/mol. The maximum atomic E-state index is 12.6. The lowest BCUT2D eigenvalue weighted by Crippen LogP contribution is -2.50. The Kier molecular flexibility index (Phi) is 4.79. The molecule has 6 nitrogen and oxygen atoms in total. The normalized spacial score (nSPS) is 25.4. The van der Waals surface area contributed by atoms with Crippen LogP contribution in [0.4, 0.5) is 11.4 Å². The van der Waals surface area contributed by atoms with Crippen LogP contribution in [0.1, 0.15) is 39.5 Å². The van der Waals surface area contributed by atoms with Crippen molar-refractivity contribution in [3.05, 3.63) is 24.3 Å². The fraction of sp³-hybridized carbons (Fsp3) is 0.526. The number of anilines is 2. The Morgan fingerprint density at radius 2 is 2.00 bits per heavy atom. The third-order valence-corrected chi connectivity index (χ3v) is 5.63. The van der Waals surface area contributed by atoms with Crippen LogP contribution in [-0.2, 0) is 14.4 Å². The van der Waals surface area contributed by atoms with Crippen LogP contribution in [0, 0.1) is 17.8 Å². The van der Waals surface area contributed by atoms with Crippen LogP contribution < -0.4 is 16.0 Å². The van der Waals surface area contributed by atoms with Crippen LogP contribution in [0.2, 0.25) is 0 Å². The van der Waals surface area contributed by atoms with Gasteiger partial charge < -0.3 is 11.1 Å². The molecule has 3 rings (SSSR count). The Labute approximate surface area is 147 Å². The number of hydrogen-bond donors (Lipinski definition) is 2. The van der Waals surface area contributed by atoms with Gasteiger partial charge in [-0.05, 0) is 62.1 Å². The van der Waals surface area contributed by atoms with E-state index in [2.05, 4.69) is 5.32 Å². The van der Waals surface area contributed by atoms with E-state index in [1.165, 1.54) is 32.3 Å². The molecule has 134 valence electrons. The summed E-state index contributed by atoms with van der Waals surface area (Å²) in [6.45, 7) is 3.21. The molecule has 0 radical (unpaired) electrons. The van der Waals surface area contributed by atoms with Gasteiger partial charge in [0.2, 0.25) is 5.91 Å². The summed E-state index contributed by atoms with van der Waals surface area (Å²) in [6.07, 6.45) is 4.86. The number of amides is 3. The highest BCUT2D eigenvalue weighted by atomic mass is 16.2. The van der Waals surface area contributed by atoms with E-state index in [1.54, 1.807) is 18.2 Å². The summed E-state index contributed by atoms with van der Waals surface area (Å²) in [7, 11) is 0. The van der Waals surface area contributed by atoms with Crippen molar-refractivity contribution in [3.8, 4) is 0 Å². The molecule has 4 unspecified atom stereocenters. The molecule has 6 heteroatoms. The van der Waals surface area contributed by atoms with E-state index in [0.29, 0.717) is 23.2 Å². The van der Waals surface area contributed by atoms with E-state index >= 15 is 0 Å². The Balaban J connectivity index is 1.69. The summed E-state index contributed by atoms with van der Waals surface area (Å²) in [5.41, 5.74) is 6.45. The summed E-state index contributed by atoms with van der Waals surface area (Å²) < 4.78 is 0. The van der Waals surface area contributed by atoms with Gasteiger partial charge in [0.05, 0.1) is 5.69 Å². The molecule has 3 N–H and O–H groups in total. The van der Waals surface area contributed by atoms with Crippen LogP contribution in [0.5, 0.6) is 0 Å². The van der Waals surface area contributed by atoms with Crippen LogP contribution in [0.15, 0.2) is 24.3 Å². The molecule has 0 saturated heterocycles.